The third-order valence-electron chi connectivity index (χ3n) is 3.07. The lowest BCUT2D eigenvalue weighted by molar-refractivity contribution is -0.0141. The summed E-state index contributed by atoms with van der Waals surface area (Å²) in [7, 11) is 0. The maximum absolute atomic E-state index is 5.76. The van der Waals surface area contributed by atoms with Crippen molar-refractivity contribution >= 4 is 15.9 Å². The van der Waals surface area contributed by atoms with E-state index >= 15 is 0 Å². The minimum Gasteiger partial charge on any atom is -0.375 e. The molecule has 0 radical (unpaired) electrons. The van der Waals surface area contributed by atoms with Gasteiger partial charge >= 0.3 is 0 Å². The molecule has 0 amide bonds. The van der Waals surface area contributed by atoms with E-state index in [1.807, 2.05) is 0 Å². The Balaban J connectivity index is 2.27. The van der Waals surface area contributed by atoms with Crippen molar-refractivity contribution in [2.24, 2.45) is 5.92 Å². The smallest absolute Gasteiger partial charge is 0.0600 e. The number of rotatable bonds is 4. The van der Waals surface area contributed by atoms with Crippen molar-refractivity contribution in [3.8, 4) is 0 Å². The summed E-state index contributed by atoms with van der Waals surface area (Å²) in [5, 5.41) is 1.09. The number of hydrogen-bond donors (Lipinski definition) is 0. The van der Waals surface area contributed by atoms with Crippen LogP contribution in [-0.4, -0.2) is 41.6 Å². The Morgan fingerprint density at radius 2 is 2.07 bits per heavy atom. The molecule has 0 aromatic heterocycles. The van der Waals surface area contributed by atoms with Crippen molar-refractivity contribution in [3.05, 3.63) is 0 Å². The molecule has 1 heterocycles. The molecule has 0 saturated carbocycles. The van der Waals surface area contributed by atoms with E-state index in [2.05, 4.69) is 48.5 Å². The Morgan fingerprint density at radius 1 is 1.40 bits per heavy atom. The summed E-state index contributed by atoms with van der Waals surface area (Å²) in [5.41, 5.74) is -0.00472. The lowest BCUT2D eigenvalue weighted by atomic mass is 10.1. The second-order valence-corrected chi connectivity index (χ2v) is 6.13. The zero-order valence-corrected chi connectivity index (χ0v) is 12.0. The van der Waals surface area contributed by atoms with E-state index in [-0.39, 0.29) is 5.60 Å². The Kier molecular flexibility index (Phi) is 5.07. The fraction of sp³-hybridized carbons (Fsp3) is 1.00. The molecule has 3 heteroatoms. The molecule has 1 fully saturated rings. The molecular formula is C12H24BrNO. The first-order chi connectivity index (χ1) is 6.94. The van der Waals surface area contributed by atoms with Gasteiger partial charge in [-0.2, -0.15) is 0 Å². The Bertz CT molecular complexity index is 191. The fourth-order valence-electron chi connectivity index (χ4n) is 2.08. The van der Waals surface area contributed by atoms with Gasteiger partial charge in [0.05, 0.1) is 12.2 Å². The summed E-state index contributed by atoms with van der Waals surface area (Å²) in [6.07, 6.45) is 1.33. The van der Waals surface area contributed by atoms with Crippen LogP contribution < -0.4 is 0 Å². The van der Waals surface area contributed by atoms with Gasteiger partial charge in [0.2, 0.25) is 0 Å². The van der Waals surface area contributed by atoms with Gasteiger partial charge in [-0.25, -0.2) is 0 Å². The zero-order valence-electron chi connectivity index (χ0n) is 10.4. The molecule has 90 valence electrons. The van der Waals surface area contributed by atoms with Crippen LogP contribution in [0, 0.1) is 5.92 Å². The molecule has 0 bridgehead atoms. The molecule has 2 unspecified atom stereocenters. The molecule has 2 nitrogen and oxygen atoms in total. The monoisotopic (exact) mass is 277 g/mol. The van der Waals surface area contributed by atoms with Gasteiger partial charge in [0.15, 0.2) is 0 Å². The van der Waals surface area contributed by atoms with E-state index in [4.69, 9.17) is 4.74 Å². The topological polar surface area (TPSA) is 12.5 Å². The van der Waals surface area contributed by atoms with Crippen molar-refractivity contribution in [2.75, 3.05) is 25.0 Å². The molecule has 1 aliphatic rings. The van der Waals surface area contributed by atoms with Crippen LogP contribution in [0.25, 0.3) is 0 Å². The van der Waals surface area contributed by atoms with Crippen molar-refractivity contribution in [1.29, 1.82) is 0 Å². The summed E-state index contributed by atoms with van der Waals surface area (Å²) in [6, 6.07) is 0.702. The van der Waals surface area contributed by atoms with Gasteiger partial charge in [-0.1, -0.05) is 22.9 Å². The molecule has 0 spiro atoms. The average molecular weight is 278 g/mol. The molecule has 0 aromatic carbocycles. The van der Waals surface area contributed by atoms with E-state index in [0.717, 1.165) is 24.4 Å². The summed E-state index contributed by atoms with van der Waals surface area (Å²) >= 11 is 3.61. The van der Waals surface area contributed by atoms with Crippen LogP contribution in [0.5, 0.6) is 0 Å². The van der Waals surface area contributed by atoms with Gasteiger partial charge in [-0.3, -0.25) is 4.90 Å². The molecule has 0 N–H and O–H groups in total. The second-order valence-electron chi connectivity index (χ2n) is 5.48. The minimum atomic E-state index is -0.00472. The molecule has 1 saturated heterocycles. The quantitative estimate of drug-likeness (QED) is 0.733. The maximum Gasteiger partial charge on any atom is 0.0600 e. The third kappa shape index (κ3) is 4.41. The van der Waals surface area contributed by atoms with Crippen molar-refractivity contribution in [2.45, 2.75) is 45.8 Å². The lowest BCUT2D eigenvalue weighted by Crippen LogP contribution is -2.37. The van der Waals surface area contributed by atoms with E-state index < -0.39 is 0 Å². The standard InChI is InChI=1S/C12H24BrNO/c1-10-5-6-14(11(10)9-13)7-8-15-12(2,3)4/h10-11H,5-9H2,1-4H3. The third-order valence-corrected chi connectivity index (χ3v) is 3.73. The highest BCUT2D eigenvalue weighted by atomic mass is 79.9. The Hall–Kier alpha value is 0.400. The van der Waals surface area contributed by atoms with Crippen LogP contribution in [-0.2, 0) is 4.74 Å². The summed E-state index contributed by atoms with van der Waals surface area (Å²) in [5.74, 6) is 0.819. The van der Waals surface area contributed by atoms with E-state index in [9.17, 15) is 0 Å². The van der Waals surface area contributed by atoms with E-state index in [1.165, 1.54) is 13.0 Å². The van der Waals surface area contributed by atoms with Gasteiger partial charge in [0.1, 0.15) is 0 Å². The van der Waals surface area contributed by atoms with Crippen LogP contribution in [0.15, 0.2) is 0 Å². The van der Waals surface area contributed by atoms with Crippen molar-refractivity contribution < 1.29 is 4.74 Å². The second kappa shape index (κ2) is 5.65. The number of likely N-dealkylation sites (tertiary alicyclic amines) is 1. The highest BCUT2D eigenvalue weighted by Crippen LogP contribution is 2.24. The minimum absolute atomic E-state index is 0.00472. The highest BCUT2D eigenvalue weighted by molar-refractivity contribution is 9.09. The SMILES string of the molecule is CC1CCN(CCOC(C)(C)C)C1CBr. The first kappa shape index (κ1) is 13.5. The van der Waals surface area contributed by atoms with E-state index in [1.54, 1.807) is 0 Å². The molecule has 15 heavy (non-hydrogen) atoms. The highest BCUT2D eigenvalue weighted by Gasteiger charge is 2.29. The van der Waals surface area contributed by atoms with Gasteiger partial charge in [0, 0.05) is 17.9 Å². The molecular weight excluding hydrogens is 254 g/mol. The number of halogens is 1. The van der Waals surface area contributed by atoms with Gasteiger partial charge < -0.3 is 4.74 Å². The van der Waals surface area contributed by atoms with Crippen molar-refractivity contribution in [1.82, 2.24) is 4.90 Å². The van der Waals surface area contributed by atoms with Crippen LogP contribution >= 0.6 is 15.9 Å². The zero-order chi connectivity index (χ0) is 11.5. The predicted molar refractivity (Wildman–Crippen MR) is 68.6 cm³/mol. The maximum atomic E-state index is 5.76. The first-order valence-electron chi connectivity index (χ1n) is 5.88. The van der Waals surface area contributed by atoms with E-state index in [0.29, 0.717) is 6.04 Å². The van der Waals surface area contributed by atoms with Crippen LogP contribution in [0.2, 0.25) is 0 Å². The molecule has 0 aromatic rings. The molecule has 0 aliphatic carbocycles. The van der Waals surface area contributed by atoms with Crippen molar-refractivity contribution in [3.63, 3.8) is 0 Å². The summed E-state index contributed by atoms with van der Waals surface area (Å²) in [6.45, 7) is 11.8. The fourth-order valence-corrected chi connectivity index (χ4v) is 3.13. The number of ether oxygens (including phenoxy) is 1. The number of nitrogens with zero attached hydrogens (tertiary/aromatic N) is 1. The van der Waals surface area contributed by atoms with Gasteiger partial charge in [-0.15, -0.1) is 0 Å². The molecule has 1 rings (SSSR count). The lowest BCUT2D eigenvalue weighted by Gasteiger charge is -2.27. The van der Waals surface area contributed by atoms with Gasteiger partial charge in [0.25, 0.3) is 0 Å². The van der Waals surface area contributed by atoms with Crippen LogP contribution in [0.4, 0.5) is 0 Å². The normalized spacial score (nSPS) is 28.6. The average Bonchev–Trinajstić information content (AvgIpc) is 2.44. The molecule has 2 atom stereocenters. The van der Waals surface area contributed by atoms with Gasteiger partial charge in [-0.05, 0) is 39.7 Å². The Morgan fingerprint density at radius 3 is 2.60 bits per heavy atom. The summed E-state index contributed by atoms with van der Waals surface area (Å²) < 4.78 is 5.76. The number of hydrogen-bond acceptors (Lipinski definition) is 2. The Labute approximate surface area is 102 Å². The molecule has 1 aliphatic heterocycles. The first-order valence-corrected chi connectivity index (χ1v) is 7.00. The predicted octanol–water partition coefficient (Wildman–Crippen LogP) is 2.91. The van der Waals surface area contributed by atoms with Crippen LogP contribution in [0.3, 0.4) is 0 Å². The van der Waals surface area contributed by atoms with Crippen LogP contribution in [0.1, 0.15) is 34.1 Å². The largest absolute Gasteiger partial charge is 0.375 e. The summed E-state index contributed by atoms with van der Waals surface area (Å²) in [4.78, 5) is 2.55. The number of alkyl halides is 1.